The molecule has 0 aliphatic heterocycles. The van der Waals surface area contributed by atoms with Crippen LogP contribution in [0.15, 0.2) is 71.1 Å². The molecule has 2 aromatic carbocycles. The number of aryl methyl sites for hydroxylation is 1. The second-order valence-electron chi connectivity index (χ2n) is 6.46. The van der Waals surface area contributed by atoms with Crippen LogP contribution in [0.2, 0.25) is 0 Å². The number of anilines is 1. The Morgan fingerprint density at radius 1 is 1.10 bits per heavy atom. The maximum Gasteiger partial charge on any atom is 0.271 e. The summed E-state index contributed by atoms with van der Waals surface area (Å²) in [6, 6.07) is 17.9. The quantitative estimate of drug-likeness (QED) is 0.460. The number of rotatable bonds is 7. The number of carbonyl (C=O) groups excluding carboxylic acids is 1. The molecule has 0 fully saturated rings. The van der Waals surface area contributed by atoms with Gasteiger partial charge in [-0.05, 0) is 53.8 Å². The molecule has 29 heavy (non-hydrogen) atoms. The number of amides is 1. The van der Waals surface area contributed by atoms with Crippen LogP contribution in [0, 0.1) is 6.92 Å². The van der Waals surface area contributed by atoms with Crippen molar-refractivity contribution in [1.82, 2.24) is 5.43 Å². The summed E-state index contributed by atoms with van der Waals surface area (Å²) in [5.74, 6) is -0.367. The second-order valence-corrected chi connectivity index (χ2v) is 9.34. The highest BCUT2D eigenvalue weighted by Gasteiger charge is 2.19. The van der Waals surface area contributed by atoms with Crippen LogP contribution in [0.4, 0.5) is 5.69 Å². The summed E-state index contributed by atoms with van der Waals surface area (Å²) in [6.45, 7) is 2.17. The molecule has 0 radical (unpaired) electrons. The van der Waals surface area contributed by atoms with Crippen molar-refractivity contribution in [1.29, 1.82) is 0 Å². The van der Waals surface area contributed by atoms with Gasteiger partial charge in [-0.25, -0.2) is 13.8 Å². The Hall–Kier alpha value is -2.97. The third kappa shape index (κ3) is 5.52. The molecule has 0 saturated carbocycles. The molecule has 0 bridgehead atoms. The lowest BCUT2D eigenvalue weighted by Crippen LogP contribution is -2.29. The minimum Gasteiger partial charge on any atom is -0.267 e. The van der Waals surface area contributed by atoms with E-state index in [-0.39, 0.29) is 12.5 Å². The van der Waals surface area contributed by atoms with Crippen LogP contribution in [-0.4, -0.2) is 26.8 Å². The Labute approximate surface area is 174 Å². The molecule has 0 unspecified atom stereocenters. The zero-order valence-electron chi connectivity index (χ0n) is 16.1. The Balaban J connectivity index is 1.75. The summed E-state index contributed by atoms with van der Waals surface area (Å²) in [5.41, 5.74) is 5.29. The molecule has 3 rings (SSSR count). The maximum atomic E-state index is 12.3. The first kappa shape index (κ1) is 20.8. The van der Waals surface area contributed by atoms with E-state index in [1.54, 1.807) is 30.5 Å². The van der Waals surface area contributed by atoms with Gasteiger partial charge in [0.2, 0.25) is 10.0 Å². The highest BCUT2D eigenvalue weighted by Crippen LogP contribution is 2.22. The summed E-state index contributed by atoms with van der Waals surface area (Å²) in [5, 5.41) is 5.86. The van der Waals surface area contributed by atoms with E-state index in [0.717, 1.165) is 16.0 Å². The predicted octanol–water partition coefficient (Wildman–Crippen LogP) is 3.79. The predicted molar refractivity (Wildman–Crippen MR) is 118 cm³/mol. The molecular formula is C21H21N3O3S2. The molecule has 0 spiro atoms. The van der Waals surface area contributed by atoms with Gasteiger partial charge in [0.15, 0.2) is 0 Å². The zero-order chi connectivity index (χ0) is 20.9. The Kier molecular flexibility index (Phi) is 6.46. The molecule has 6 nitrogen and oxygen atoms in total. The Morgan fingerprint density at radius 2 is 1.83 bits per heavy atom. The van der Waals surface area contributed by atoms with Gasteiger partial charge >= 0.3 is 0 Å². The minimum absolute atomic E-state index is 0.224. The number of thiophene rings is 1. The number of carbonyl (C=O) groups is 1. The number of hydrogen-bond acceptors (Lipinski definition) is 5. The SMILES string of the molecule is Cc1ccccc1CN(c1ccc(C(=O)N/N=C\c2cccs2)cc1)S(C)(=O)=O. The van der Waals surface area contributed by atoms with Crippen LogP contribution in [0.3, 0.4) is 0 Å². The van der Waals surface area contributed by atoms with E-state index in [1.807, 2.05) is 48.7 Å². The number of hydrogen-bond donors (Lipinski definition) is 1. The van der Waals surface area contributed by atoms with Crippen LogP contribution in [0.5, 0.6) is 0 Å². The van der Waals surface area contributed by atoms with Crippen LogP contribution in [0.1, 0.15) is 26.4 Å². The fourth-order valence-electron chi connectivity index (χ4n) is 2.71. The summed E-state index contributed by atoms with van der Waals surface area (Å²) in [7, 11) is -3.49. The Morgan fingerprint density at radius 3 is 2.45 bits per heavy atom. The van der Waals surface area contributed by atoms with Crippen LogP contribution in [0.25, 0.3) is 0 Å². The van der Waals surface area contributed by atoms with Crippen molar-refractivity contribution in [2.24, 2.45) is 5.10 Å². The summed E-state index contributed by atoms with van der Waals surface area (Å²) >= 11 is 1.52. The molecule has 0 aliphatic rings. The smallest absolute Gasteiger partial charge is 0.267 e. The molecule has 1 N–H and O–H groups in total. The van der Waals surface area contributed by atoms with E-state index in [4.69, 9.17) is 0 Å². The second kappa shape index (κ2) is 9.02. The molecular weight excluding hydrogens is 406 g/mol. The lowest BCUT2D eigenvalue weighted by atomic mass is 10.1. The highest BCUT2D eigenvalue weighted by molar-refractivity contribution is 7.92. The van der Waals surface area contributed by atoms with Crippen molar-refractivity contribution in [3.63, 3.8) is 0 Å². The van der Waals surface area contributed by atoms with Gasteiger partial charge in [0.05, 0.1) is 24.7 Å². The monoisotopic (exact) mass is 427 g/mol. The van der Waals surface area contributed by atoms with Crippen molar-refractivity contribution in [2.45, 2.75) is 13.5 Å². The third-order valence-electron chi connectivity index (χ3n) is 4.29. The molecule has 150 valence electrons. The van der Waals surface area contributed by atoms with Crippen LogP contribution in [-0.2, 0) is 16.6 Å². The molecule has 8 heteroatoms. The van der Waals surface area contributed by atoms with E-state index in [2.05, 4.69) is 10.5 Å². The topological polar surface area (TPSA) is 78.8 Å². The number of sulfonamides is 1. The van der Waals surface area contributed by atoms with Gasteiger partial charge in [-0.2, -0.15) is 5.10 Å². The van der Waals surface area contributed by atoms with Crippen molar-refractivity contribution in [3.05, 3.63) is 87.6 Å². The molecule has 1 amide bonds. The van der Waals surface area contributed by atoms with Gasteiger partial charge in [0.25, 0.3) is 5.91 Å². The largest absolute Gasteiger partial charge is 0.271 e. The van der Waals surface area contributed by atoms with Crippen molar-refractivity contribution < 1.29 is 13.2 Å². The van der Waals surface area contributed by atoms with E-state index in [9.17, 15) is 13.2 Å². The van der Waals surface area contributed by atoms with Gasteiger partial charge < -0.3 is 0 Å². The van der Waals surface area contributed by atoms with Gasteiger partial charge in [-0.3, -0.25) is 9.10 Å². The lowest BCUT2D eigenvalue weighted by molar-refractivity contribution is 0.0955. The molecule has 0 saturated heterocycles. The standard InChI is InChI=1S/C21H21N3O3S2/c1-16-6-3-4-7-18(16)15-24(29(2,26)27)19-11-9-17(10-12-19)21(25)23-22-14-20-8-5-13-28-20/h3-14H,15H2,1-2H3,(H,23,25)/b22-14-. The van der Waals surface area contributed by atoms with Gasteiger partial charge in [-0.1, -0.05) is 30.3 Å². The summed E-state index contributed by atoms with van der Waals surface area (Å²) in [6.07, 6.45) is 2.75. The number of benzene rings is 2. The van der Waals surface area contributed by atoms with E-state index in [1.165, 1.54) is 21.9 Å². The third-order valence-corrected chi connectivity index (χ3v) is 6.24. The molecule has 1 aromatic heterocycles. The van der Waals surface area contributed by atoms with Crippen molar-refractivity contribution in [3.8, 4) is 0 Å². The molecule has 3 aromatic rings. The first-order valence-corrected chi connectivity index (χ1v) is 11.6. The number of nitrogens with zero attached hydrogens (tertiary/aromatic N) is 2. The van der Waals surface area contributed by atoms with Crippen molar-refractivity contribution in [2.75, 3.05) is 10.6 Å². The fourth-order valence-corrected chi connectivity index (χ4v) is 4.17. The minimum atomic E-state index is -3.49. The fraction of sp³-hybridized carbons (Fsp3) is 0.143. The van der Waals surface area contributed by atoms with Crippen LogP contribution >= 0.6 is 11.3 Å². The molecule has 0 atom stereocenters. The van der Waals surface area contributed by atoms with E-state index < -0.39 is 10.0 Å². The maximum absolute atomic E-state index is 12.3. The Bertz CT molecular complexity index is 1110. The summed E-state index contributed by atoms with van der Waals surface area (Å²) in [4.78, 5) is 13.2. The number of hydrazone groups is 1. The van der Waals surface area contributed by atoms with Gasteiger partial charge in [-0.15, -0.1) is 11.3 Å². The highest BCUT2D eigenvalue weighted by atomic mass is 32.2. The number of nitrogens with one attached hydrogen (secondary N) is 1. The molecule has 0 aliphatic carbocycles. The van der Waals surface area contributed by atoms with Crippen LogP contribution < -0.4 is 9.73 Å². The molecule has 1 heterocycles. The normalized spacial score (nSPS) is 11.5. The lowest BCUT2D eigenvalue weighted by Gasteiger charge is -2.23. The first-order chi connectivity index (χ1) is 13.8. The van der Waals surface area contributed by atoms with Crippen molar-refractivity contribution >= 4 is 39.2 Å². The van der Waals surface area contributed by atoms with Gasteiger partial charge in [0, 0.05) is 10.4 Å². The van der Waals surface area contributed by atoms with Gasteiger partial charge in [0.1, 0.15) is 0 Å². The first-order valence-electron chi connectivity index (χ1n) is 8.84. The summed E-state index contributed by atoms with van der Waals surface area (Å²) < 4.78 is 26.0. The zero-order valence-corrected chi connectivity index (χ0v) is 17.7. The van der Waals surface area contributed by atoms with E-state index in [0.29, 0.717) is 11.3 Å². The average molecular weight is 428 g/mol. The van der Waals surface area contributed by atoms with E-state index >= 15 is 0 Å². The average Bonchev–Trinajstić information content (AvgIpc) is 3.20.